The Bertz CT molecular complexity index is 1590. The molecule has 43 heavy (non-hydrogen) atoms. The summed E-state index contributed by atoms with van der Waals surface area (Å²) in [7, 11) is 2.07. The predicted molar refractivity (Wildman–Crippen MR) is 159 cm³/mol. The van der Waals surface area contributed by atoms with Crippen LogP contribution in [0.5, 0.6) is 17.6 Å². The van der Waals surface area contributed by atoms with E-state index in [1.54, 1.807) is 0 Å². The molecule has 2 aromatic carbocycles. The average Bonchev–Trinajstić information content (AvgIpc) is 3.43. The number of rotatable bonds is 7. The Hall–Kier alpha value is -4.14. The fraction of sp³-hybridized carbons (Fsp3) is 0.419. The zero-order chi connectivity index (χ0) is 30.1. The van der Waals surface area contributed by atoms with Crippen LogP contribution in [0.3, 0.4) is 0 Å². The number of anilines is 1. The predicted octanol–water partition coefficient (Wildman–Crippen LogP) is 4.68. The van der Waals surface area contributed by atoms with Crippen molar-refractivity contribution >= 4 is 34.1 Å². The van der Waals surface area contributed by atoms with Gasteiger partial charge in [-0.3, -0.25) is 4.79 Å². The summed E-state index contributed by atoms with van der Waals surface area (Å²) >= 11 is 6.61. The molecule has 0 aliphatic carbocycles. The maximum Gasteiger partial charge on any atom is 0.322 e. The summed E-state index contributed by atoms with van der Waals surface area (Å²) in [6.45, 7) is 5.47. The highest BCUT2D eigenvalue weighted by molar-refractivity contribution is 6.35. The SMILES string of the molecule is C=C(F)C(=O)N1CCN(c2nc(OC[C@@H]3CCCN3C)nc3c2OCC(c2cccc4cccc(Cl)c24)O3)C[C@@H]1CC#N. The van der Waals surface area contributed by atoms with Crippen LogP contribution in [0.25, 0.3) is 10.8 Å². The van der Waals surface area contributed by atoms with Crippen molar-refractivity contribution in [2.24, 2.45) is 0 Å². The number of benzene rings is 2. The molecule has 12 heteroatoms. The van der Waals surface area contributed by atoms with Gasteiger partial charge in [-0.1, -0.05) is 48.5 Å². The van der Waals surface area contributed by atoms with E-state index in [0.717, 1.165) is 35.7 Å². The molecule has 0 spiro atoms. The topological polar surface area (TPSA) is 104 Å². The minimum atomic E-state index is -1.06. The lowest BCUT2D eigenvalue weighted by atomic mass is 10.00. The maximum absolute atomic E-state index is 13.8. The Labute approximate surface area is 254 Å². The Morgan fingerprint density at radius 2 is 2.02 bits per heavy atom. The second-order valence-corrected chi connectivity index (χ2v) is 11.4. The van der Waals surface area contributed by atoms with Crippen molar-refractivity contribution in [2.75, 3.05) is 51.3 Å². The van der Waals surface area contributed by atoms with Crippen molar-refractivity contribution in [3.05, 3.63) is 59.4 Å². The third-order valence-corrected chi connectivity index (χ3v) is 8.66. The van der Waals surface area contributed by atoms with E-state index >= 15 is 0 Å². The van der Waals surface area contributed by atoms with Crippen molar-refractivity contribution in [3.63, 3.8) is 0 Å². The number of piperazine rings is 1. The number of ether oxygens (including phenoxy) is 3. The van der Waals surface area contributed by atoms with Gasteiger partial charge in [-0.05, 0) is 37.9 Å². The van der Waals surface area contributed by atoms with E-state index < -0.39 is 23.9 Å². The first-order chi connectivity index (χ1) is 20.8. The molecule has 0 saturated carbocycles. The molecule has 0 bridgehead atoms. The van der Waals surface area contributed by atoms with E-state index in [1.807, 2.05) is 41.3 Å². The van der Waals surface area contributed by atoms with Gasteiger partial charge in [0.05, 0.1) is 18.5 Å². The zero-order valence-electron chi connectivity index (χ0n) is 23.8. The molecular formula is C31H32ClFN6O4. The minimum absolute atomic E-state index is 0.0153. The van der Waals surface area contributed by atoms with E-state index in [0.29, 0.717) is 29.7 Å². The lowest BCUT2D eigenvalue weighted by molar-refractivity contribution is -0.131. The fourth-order valence-electron chi connectivity index (χ4n) is 6.07. The second kappa shape index (κ2) is 12.2. The number of amides is 1. The molecule has 10 nitrogen and oxygen atoms in total. The molecule has 2 saturated heterocycles. The first-order valence-corrected chi connectivity index (χ1v) is 14.7. The lowest BCUT2D eigenvalue weighted by Crippen LogP contribution is -2.55. The van der Waals surface area contributed by atoms with E-state index in [4.69, 9.17) is 30.8 Å². The Morgan fingerprint density at radius 3 is 2.77 bits per heavy atom. The number of nitriles is 1. The summed E-state index contributed by atoms with van der Waals surface area (Å²) < 4.78 is 32.7. The largest absolute Gasteiger partial charge is 0.481 e. The minimum Gasteiger partial charge on any atom is -0.481 e. The molecule has 3 aliphatic heterocycles. The summed E-state index contributed by atoms with van der Waals surface area (Å²) in [5.41, 5.74) is 0.872. The van der Waals surface area contributed by atoms with Gasteiger partial charge in [0.15, 0.2) is 17.7 Å². The van der Waals surface area contributed by atoms with Crippen LogP contribution >= 0.6 is 11.6 Å². The molecule has 2 fully saturated rings. The first kappa shape index (κ1) is 29.0. The van der Waals surface area contributed by atoms with E-state index in [9.17, 15) is 14.4 Å². The number of nitrogens with zero attached hydrogens (tertiary/aromatic N) is 6. The summed E-state index contributed by atoms with van der Waals surface area (Å²) in [6.07, 6.45) is 1.64. The Morgan fingerprint density at radius 1 is 1.21 bits per heavy atom. The number of halogens is 2. The monoisotopic (exact) mass is 606 g/mol. The normalized spacial score (nSPS) is 22.0. The highest BCUT2D eigenvalue weighted by Gasteiger charge is 2.37. The van der Waals surface area contributed by atoms with Crippen molar-refractivity contribution in [1.82, 2.24) is 19.8 Å². The molecule has 6 rings (SSSR count). The molecule has 0 radical (unpaired) electrons. The second-order valence-electron chi connectivity index (χ2n) is 11.0. The van der Waals surface area contributed by atoms with Gasteiger partial charge in [-0.15, -0.1) is 0 Å². The standard InChI is InChI=1S/C31H32ClFN6O4/c1-19(33)30(40)39-15-14-38(16-21(39)11-12-34)28-27-29(36-31(35-28)42-17-22-8-5-13-37(22)2)43-25(18-41-27)23-9-3-6-20-7-4-10-24(32)26(20)23/h3-4,6-7,9-10,21-22,25H,1,5,8,11,13-18H2,2H3/t21-,22-,25?/m0/s1. The number of hydrogen-bond acceptors (Lipinski definition) is 9. The van der Waals surface area contributed by atoms with Crippen LogP contribution in [-0.2, 0) is 4.79 Å². The molecule has 224 valence electrons. The quantitative estimate of drug-likeness (QED) is 0.355. The molecule has 1 aromatic heterocycles. The third kappa shape index (κ3) is 5.77. The van der Waals surface area contributed by atoms with Crippen molar-refractivity contribution in [1.29, 1.82) is 5.26 Å². The highest BCUT2D eigenvalue weighted by Crippen LogP contribution is 2.44. The smallest absolute Gasteiger partial charge is 0.322 e. The van der Waals surface area contributed by atoms with Crippen molar-refractivity contribution in [3.8, 4) is 23.7 Å². The van der Waals surface area contributed by atoms with E-state index in [-0.39, 0.29) is 44.0 Å². The fourth-order valence-corrected chi connectivity index (χ4v) is 6.36. The van der Waals surface area contributed by atoms with Gasteiger partial charge in [-0.2, -0.15) is 15.2 Å². The van der Waals surface area contributed by atoms with Gasteiger partial charge in [0, 0.05) is 41.6 Å². The van der Waals surface area contributed by atoms with Crippen LogP contribution in [0.2, 0.25) is 5.02 Å². The van der Waals surface area contributed by atoms with Gasteiger partial charge >= 0.3 is 6.01 Å². The number of hydrogen-bond donors (Lipinski definition) is 0. The average molecular weight is 607 g/mol. The van der Waals surface area contributed by atoms with Gasteiger partial charge < -0.3 is 28.9 Å². The summed E-state index contributed by atoms with van der Waals surface area (Å²) in [6, 6.07) is 13.6. The van der Waals surface area contributed by atoms with Crippen LogP contribution in [0.15, 0.2) is 48.8 Å². The molecule has 1 amide bonds. The van der Waals surface area contributed by atoms with Crippen LogP contribution in [0.1, 0.15) is 30.9 Å². The molecule has 3 atom stereocenters. The summed E-state index contributed by atoms with van der Waals surface area (Å²) in [4.78, 5) is 27.3. The molecule has 3 aromatic rings. The molecule has 1 unspecified atom stereocenters. The van der Waals surface area contributed by atoms with Gasteiger partial charge in [0.2, 0.25) is 5.75 Å². The molecule has 4 heterocycles. The third-order valence-electron chi connectivity index (χ3n) is 8.34. The van der Waals surface area contributed by atoms with E-state index in [2.05, 4.69) is 29.6 Å². The van der Waals surface area contributed by atoms with E-state index in [1.165, 1.54) is 4.90 Å². The molecule has 3 aliphatic rings. The number of carbonyl (C=O) groups excluding carboxylic acids is 1. The number of likely N-dealkylation sites (tertiary alicyclic amines) is 1. The van der Waals surface area contributed by atoms with Crippen LogP contribution < -0.4 is 19.1 Å². The lowest BCUT2D eigenvalue weighted by Gasteiger charge is -2.41. The van der Waals surface area contributed by atoms with Crippen LogP contribution in [-0.4, -0.2) is 84.2 Å². The zero-order valence-corrected chi connectivity index (χ0v) is 24.6. The van der Waals surface area contributed by atoms with Crippen LogP contribution in [0, 0.1) is 11.3 Å². The van der Waals surface area contributed by atoms with Gasteiger partial charge in [-0.25, -0.2) is 4.39 Å². The number of fused-ring (bicyclic) bond motifs is 2. The molecular weight excluding hydrogens is 575 g/mol. The first-order valence-electron chi connectivity index (χ1n) is 14.3. The Balaban J connectivity index is 1.34. The summed E-state index contributed by atoms with van der Waals surface area (Å²) in [5, 5.41) is 11.9. The molecule has 0 N–H and O–H groups in total. The number of aromatic nitrogens is 2. The van der Waals surface area contributed by atoms with Crippen LogP contribution in [0.4, 0.5) is 10.2 Å². The number of likely N-dealkylation sites (N-methyl/N-ethyl adjacent to an activating group) is 1. The Kier molecular flexibility index (Phi) is 8.23. The van der Waals surface area contributed by atoms with Crippen molar-refractivity contribution < 1.29 is 23.4 Å². The van der Waals surface area contributed by atoms with Crippen molar-refractivity contribution in [2.45, 2.75) is 37.5 Å². The van der Waals surface area contributed by atoms with Gasteiger partial charge in [0.1, 0.15) is 13.2 Å². The highest BCUT2D eigenvalue weighted by atomic mass is 35.5. The van der Waals surface area contributed by atoms with Gasteiger partial charge in [0.25, 0.3) is 11.8 Å². The number of carbonyl (C=O) groups is 1. The maximum atomic E-state index is 13.8. The summed E-state index contributed by atoms with van der Waals surface area (Å²) in [5.74, 6) is -0.862.